The van der Waals surface area contributed by atoms with Crippen molar-refractivity contribution in [1.82, 2.24) is 0 Å². The Morgan fingerprint density at radius 3 is 1.00 bits per heavy atom. The van der Waals surface area contributed by atoms with E-state index in [-0.39, 0.29) is 21.1 Å². The van der Waals surface area contributed by atoms with Gasteiger partial charge >= 0.3 is 0 Å². The van der Waals surface area contributed by atoms with E-state index in [2.05, 4.69) is 23.7 Å². The first-order chi connectivity index (χ1) is 16.4. The fraction of sp³-hybridized carbons (Fsp3) is 0.125. The molecule has 0 aliphatic rings. The fourth-order valence-electron chi connectivity index (χ4n) is 3.10. The van der Waals surface area contributed by atoms with E-state index in [1.54, 1.807) is 13.8 Å². The molecule has 0 saturated carbocycles. The summed E-state index contributed by atoms with van der Waals surface area (Å²) in [5.74, 6) is 11.8. The molecule has 0 heterocycles. The third kappa shape index (κ3) is 9.05. The van der Waals surface area contributed by atoms with Crippen molar-refractivity contribution in [3.8, 4) is 23.7 Å². The zero-order valence-electron chi connectivity index (χ0n) is 19.8. The number of hydrogen-bond donors (Lipinski definition) is 2. The minimum absolute atomic E-state index is 0. The van der Waals surface area contributed by atoms with Crippen LogP contribution in [0, 0.1) is 23.7 Å². The molecular formula is C32H28O2Pt. The molecule has 0 aliphatic heterocycles. The van der Waals surface area contributed by atoms with Crippen LogP contribution in [0.3, 0.4) is 0 Å². The van der Waals surface area contributed by atoms with Crippen LogP contribution in [0.25, 0.3) is 0 Å². The van der Waals surface area contributed by atoms with Crippen LogP contribution in [0.4, 0.5) is 0 Å². The molecule has 3 heteroatoms. The van der Waals surface area contributed by atoms with Crippen molar-refractivity contribution in [1.29, 1.82) is 0 Å². The standard InChI is InChI=1S/2C16H14O.Pt/c2*1-16(17,15-10-6-3-7-11-15)13-12-14-8-4-2-5-9-14;/h2*2-11,17H,1H3;. The molecule has 178 valence electrons. The van der Waals surface area contributed by atoms with Crippen molar-refractivity contribution >= 4 is 0 Å². The summed E-state index contributed by atoms with van der Waals surface area (Å²) in [6, 6.07) is 38.2. The Morgan fingerprint density at radius 2 is 0.714 bits per heavy atom. The van der Waals surface area contributed by atoms with E-state index in [1.165, 1.54) is 0 Å². The van der Waals surface area contributed by atoms with Crippen LogP contribution in [0.15, 0.2) is 121 Å². The summed E-state index contributed by atoms with van der Waals surface area (Å²) in [6.07, 6.45) is 0. The average Bonchev–Trinajstić information content (AvgIpc) is 2.89. The third-order valence-electron chi connectivity index (χ3n) is 5.12. The summed E-state index contributed by atoms with van der Waals surface area (Å²) in [5, 5.41) is 20.5. The summed E-state index contributed by atoms with van der Waals surface area (Å²) < 4.78 is 0. The minimum atomic E-state index is -1.11. The van der Waals surface area contributed by atoms with Crippen LogP contribution in [0.1, 0.15) is 36.1 Å². The molecule has 4 aromatic rings. The fourth-order valence-corrected chi connectivity index (χ4v) is 3.10. The smallest absolute Gasteiger partial charge is 0.148 e. The van der Waals surface area contributed by atoms with E-state index in [0.29, 0.717) is 0 Å². The summed E-state index contributed by atoms with van der Waals surface area (Å²) in [6.45, 7) is 3.41. The average molecular weight is 640 g/mol. The molecule has 2 atom stereocenters. The molecule has 2 nitrogen and oxygen atoms in total. The molecule has 0 saturated heterocycles. The number of hydrogen-bond acceptors (Lipinski definition) is 2. The van der Waals surface area contributed by atoms with Crippen molar-refractivity contribution in [2.75, 3.05) is 0 Å². The normalized spacial score (nSPS) is 12.9. The summed E-state index contributed by atoms with van der Waals surface area (Å²) in [4.78, 5) is 0. The van der Waals surface area contributed by atoms with Crippen LogP contribution >= 0.6 is 0 Å². The summed E-state index contributed by atoms with van der Waals surface area (Å²) in [7, 11) is 0. The van der Waals surface area contributed by atoms with Gasteiger partial charge in [0.05, 0.1) is 0 Å². The Kier molecular flexibility index (Phi) is 10.7. The molecule has 0 spiro atoms. The minimum Gasteiger partial charge on any atom is -0.374 e. The SMILES string of the molecule is CC(O)(C#Cc1ccccc1)c1ccccc1.CC(O)(C#Cc1ccccc1)c1ccccc1.[Pt]. The topological polar surface area (TPSA) is 40.5 Å². The van der Waals surface area contributed by atoms with E-state index in [0.717, 1.165) is 22.3 Å². The Balaban J connectivity index is 0.000000240. The van der Waals surface area contributed by atoms with Gasteiger partial charge in [-0.3, -0.25) is 0 Å². The van der Waals surface area contributed by atoms with Gasteiger partial charge < -0.3 is 10.2 Å². The molecule has 4 aromatic carbocycles. The van der Waals surface area contributed by atoms with Gasteiger partial charge in [0, 0.05) is 32.2 Å². The second kappa shape index (κ2) is 13.5. The van der Waals surface area contributed by atoms with E-state index >= 15 is 0 Å². The van der Waals surface area contributed by atoms with Crippen LogP contribution in [0.5, 0.6) is 0 Å². The monoisotopic (exact) mass is 639 g/mol. The van der Waals surface area contributed by atoms with Crippen molar-refractivity contribution in [3.05, 3.63) is 144 Å². The van der Waals surface area contributed by atoms with Crippen molar-refractivity contribution in [2.45, 2.75) is 25.0 Å². The van der Waals surface area contributed by atoms with Crippen molar-refractivity contribution in [3.63, 3.8) is 0 Å². The second-order valence-corrected chi connectivity index (χ2v) is 8.11. The van der Waals surface area contributed by atoms with Gasteiger partial charge in [0.15, 0.2) is 0 Å². The largest absolute Gasteiger partial charge is 0.374 e. The predicted molar refractivity (Wildman–Crippen MR) is 139 cm³/mol. The van der Waals surface area contributed by atoms with Gasteiger partial charge in [-0.25, -0.2) is 0 Å². The summed E-state index contributed by atoms with van der Waals surface area (Å²) >= 11 is 0. The molecule has 4 rings (SSSR count). The van der Waals surface area contributed by atoms with Gasteiger partial charge in [-0.05, 0) is 49.2 Å². The van der Waals surface area contributed by atoms with E-state index < -0.39 is 11.2 Å². The van der Waals surface area contributed by atoms with Crippen molar-refractivity contribution < 1.29 is 31.3 Å². The molecule has 2 unspecified atom stereocenters. The third-order valence-corrected chi connectivity index (χ3v) is 5.12. The first-order valence-electron chi connectivity index (χ1n) is 11.1. The molecule has 0 bridgehead atoms. The molecule has 2 N–H and O–H groups in total. The molecule has 35 heavy (non-hydrogen) atoms. The van der Waals surface area contributed by atoms with Crippen LogP contribution in [-0.4, -0.2) is 10.2 Å². The maximum absolute atomic E-state index is 10.3. The van der Waals surface area contributed by atoms with Gasteiger partial charge in [-0.2, -0.15) is 0 Å². The van der Waals surface area contributed by atoms with Crippen LogP contribution < -0.4 is 0 Å². The van der Waals surface area contributed by atoms with Crippen LogP contribution in [-0.2, 0) is 32.3 Å². The van der Waals surface area contributed by atoms with E-state index in [4.69, 9.17) is 0 Å². The maximum Gasteiger partial charge on any atom is 0.148 e. The second-order valence-electron chi connectivity index (χ2n) is 8.11. The van der Waals surface area contributed by atoms with Gasteiger partial charge in [0.1, 0.15) is 11.2 Å². The zero-order valence-corrected chi connectivity index (χ0v) is 22.0. The van der Waals surface area contributed by atoms with Crippen molar-refractivity contribution in [2.24, 2.45) is 0 Å². The first-order valence-corrected chi connectivity index (χ1v) is 11.1. The molecule has 0 radical (unpaired) electrons. The Labute approximate surface area is 223 Å². The maximum atomic E-state index is 10.3. The first kappa shape index (κ1) is 27.8. The quantitative estimate of drug-likeness (QED) is 0.269. The Bertz CT molecular complexity index is 1170. The van der Waals surface area contributed by atoms with Crippen LogP contribution in [0.2, 0.25) is 0 Å². The molecule has 0 fully saturated rings. The predicted octanol–water partition coefficient (Wildman–Crippen LogP) is 5.89. The number of benzene rings is 4. The number of rotatable bonds is 2. The van der Waals surface area contributed by atoms with Gasteiger partial charge in [0.25, 0.3) is 0 Å². The van der Waals surface area contributed by atoms with E-state index in [1.807, 2.05) is 121 Å². The van der Waals surface area contributed by atoms with Gasteiger partial charge in [-0.15, -0.1) is 0 Å². The molecule has 0 aliphatic carbocycles. The molecular weight excluding hydrogens is 611 g/mol. The summed E-state index contributed by atoms with van der Waals surface area (Å²) in [5.41, 5.74) is 1.20. The molecule has 0 aromatic heterocycles. The molecule has 0 amide bonds. The zero-order chi connectivity index (χ0) is 24.3. The Morgan fingerprint density at radius 1 is 0.457 bits per heavy atom. The number of aliphatic hydroxyl groups is 2. The van der Waals surface area contributed by atoms with E-state index in [9.17, 15) is 10.2 Å². The Hall–Kier alpha value is -3.39. The van der Waals surface area contributed by atoms with Gasteiger partial charge in [0.2, 0.25) is 0 Å². The van der Waals surface area contributed by atoms with Gasteiger partial charge in [-0.1, -0.05) is 121 Å².